The molecule has 5 nitrogen and oxygen atoms in total. The first kappa shape index (κ1) is 19.3. The molecule has 0 aliphatic heterocycles. The van der Waals surface area contributed by atoms with Crippen molar-refractivity contribution in [3.8, 4) is 17.1 Å². The summed E-state index contributed by atoms with van der Waals surface area (Å²) in [6, 6.07) is 11.4. The highest BCUT2D eigenvalue weighted by atomic mass is 19.4. The molecule has 144 valence electrons. The lowest BCUT2D eigenvalue weighted by atomic mass is 10.1. The first-order chi connectivity index (χ1) is 13.4. The Morgan fingerprint density at radius 2 is 1.93 bits per heavy atom. The molecule has 0 fully saturated rings. The monoisotopic (exact) mass is 387 g/mol. The molecule has 1 amide bonds. The summed E-state index contributed by atoms with van der Waals surface area (Å²) >= 11 is 0. The van der Waals surface area contributed by atoms with E-state index in [2.05, 4.69) is 15.3 Å². The van der Waals surface area contributed by atoms with Crippen LogP contribution in [0.25, 0.3) is 11.3 Å². The molecule has 3 rings (SSSR count). The van der Waals surface area contributed by atoms with E-state index in [0.717, 1.165) is 12.1 Å². The van der Waals surface area contributed by atoms with Crippen LogP contribution in [0.5, 0.6) is 5.88 Å². The molecule has 8 heteroatoms. The minimum Gasteiger partial charge on any atom is -0.481 e. The first-order valence-electron chi connectivity index (χ1n) is 8.27. The van der Waals surface area contributed by atoms with E-state index in [0.29, 0.717) is 28.3 Å². The molecule has 3 aromatic rings. The van der Waals surface area contributed by atoms with Gasteiger partial charge in [0.25, 0.3) is 5.91 Å². The second-order valence-corrected chi connectivity index (χ2v) is 5.90. The largest absolute Gasteiger partial charge is 0.481 e. The van der Waals surface area contributed by atoms with Crippen molar-refractivity contribution in [1.82, 2.24) is 15.3 Å². The van der Waals surface area contributed by atoms with E-state index in [1.807, 2.05) is 0 Å². The summed E-state index contributed by atoms with van der Waals surface area (Å²) < 4.78 is 43.3. The number of hydrogen-bond donors (Lipinski definition) is 1. The minimum absolute atomic E-state index is 0.0233. The lowest BCUT2D eigenvalue weighted by Gasteiger charge is -2.10. The van der Waals surface area contributed by atoms with E-state index < -0.39 is 17.6 Å². The summed E-state index contributed by atoms with van der Waals surface area (Å²) in [5.41, 5.74) is 1.19. The van der Waals surface area contributed by atoms with Crippen molar-refractivity contribution in [2.45, 2.75) is 12.7 Å². The average Bonchev–Trinajstić information content (AvgIpc) is 2.72. The molecule has 1 aromatic carbocycles. The molecule has 0 radical (unpaired) electrons. The maximum Gasteiger partial charge on any atom is 0.416 e. The molecule has 0 unspecified atom stereocenters. The fourth-order valence-electron chi connectivity index (χ4n) is 2.52. The molecule has 0 aliphatic carbocycles. The zero-order valence-corrected chi connectivity index (χ0v) is 14.8. The smallest absolute Gasteiger partial charge is 0.416 e. The lowest BCUT2D eigenvalue weighted by molar-refractivity contribution is -0.137. The highest BCUT2D eigenvalue weighted by molar-refractivity contribution is 5.95. The number of benzene rings is 1. The SMILES string of the molecule is COc1ccc(-c2cc(C(=O)NCc3cccc(C(F)(F)F)c3)ccn2)cn1. The van der Waals surface area contributed by atoms with E-state index in [1.54, 1.807) is 24.4 Å². The van der Waals surface area contributed by atoms with E-state index in [4.69, 9.17) is 4.74 Å². The molecule has 28 heavy (non-hydrogen) atoms. The summed E-state index contributed by atoms with van der Waals surface area (Å²) in [5, 5.41) is 2.62. The predicted octanol–water partition coefficient (Wildman–Crippen LogP) is 4.10. The standard InChI is InChI=1S/C20H16F3N3O2/c1-28-18-6-5-15(12-25-18)17-10-14(7-8-24-17)19(27)26-11-13-3-2-4-16(9-13)20(21,22)23/h2-10,12H,11H2,1H3,(H,26,27). The van der Waals surface area contributed by atoms with Crippen LogP contribution in [-0.4, -0.2) is 23.0 Å². The quantitative estimate of drug-likeness (QED) is 0.716. The van der Waals surface area contributed by atoms with Gasteiger partial charge in [0, 0.05) is 36.1 Å². The van der Waals surface area contributed by atoms with Crippen molar-refractivity contribution in [3.05, 3.63) is 77.6 Å². The molecule has 1 N–H and O–H groups in total. The number of pyridine rings is 2. The Hall–Kier alpha value is -3.42. The third-order valence-electron chi connectivity index (χ3n) is 3.97. The molecule has 2 aromatic heterocycles. The van der Waals surface area contributed by atoms with E-state index in [-0.39, 0.29) is 6.54 Å². The van der Waals surface area contributed by atoms with Gasteiger partial charge in [0.2, 0.25) is 5.88 Å². The van der Waals surface area contributed by atoms with E-state index in [1.165, 1.54) is 31.5 Å². The Morgan fingerprint density at radius 1 is 1.11 bits per heavy atom. The van der Waals surface area contributed by atoms with Crippen LogP contribution in [0.2, 0.25) is 0 Å². The number of carbonyl (C=O) groups excluding carboxylic acids is 1. The highest BCUT2D eigenvalue weighted by Crippen LogP contribution is 2.29. The van der Waals surface area contributed by atoms with E-state index in [9.17, 15) is 18.0 Å². The fraction of sp³-hybridized carbons (Fsp3) is 0.150. The van der Waals surface area contributed by atoms with Crippen LogP contribution in [0, 0.1) is 0 Å². The van der Waals surface area contributed by atoms with Crippen molar-refractivity contribution in [2.24, 2.45) is 0 Å². The third kappa shape index (κ3) is 4.64. The third-order valence-corrected chi connectivity index (χ3v) is 3.97. The topological polar surface area (TPSA) is 64.1 Å². The van der Waals surface area contributed by atoms with Gasteiger partial charge in [-0.2, -0.15) is 13.2 Å². The highest BCUT2D eigenvalue weighted by Gasteiger charge is 2.30. The zero-order chi connectivity index (χ0) is 20.1. The molecule has 0 spiro atoms. The maximum atomic E-state index is 12.8. The number of nitrogens with one attached hydrogen (secondary N) is 1. The Bertz CT molecular complexity index is 973. The second kappa shape index (κ2) is 8.08. The number of alkyl halides is 3. The van der Waals surface area contributed by atoms with Crippen LogP contribution < -0.4 is 10.1 Å². The number of halogens is 3. The minimum atomic E-state index is -4.42. The summed E-state index contributed by atoms with van der Waals surface area (Å²) in [4.78, 5) is 20.7. The summed E-state index contributed by atoms with van der Waals surface area (Å²) in [5.74, 6) is 0.0428. The number of hydrogen-bond acceptors (Lipinski definition) is 4. The van der Waals surface area contributed by atoms with Crippen molar-refractivity contribution >= 4 is 5.91 Å². The number of ether oxygens (including phenoxy) is 1. The van der Waals surface area contributed by atoms with Crippen LogP contribution in [0.1, 0.15) is 21.5 Å². The molecule has 0 bridgehead atoms. The van der Waals surface area contributed by atoms with Crippen molar-refractivity contribution < 1.29 is 22.7 Å². The number of rotatable bonds is 5. The average molecular weight is 387 g/mol. The summed E-state index contributed by atoms with van der Waals surface area (Å²) in [6.45, 7) is -0.0233. The van der Waals surface area contributed by atoms with Gasteiger partial charge in [-0.25, -0.2) is 4.98 Å². The van der Waals surface area contributed by atoms with E-state index >= 15 is 0 Å². The van der Waals surface area contributed by atoms with Gasteiger partial charge in [0.05, 0.1) is 18.4 Å². The second-order valence-electron chi connectivity index (χ2n) is 5.90. The molecule has 0 saturated carbocycles. The van der Waals surface area contributed by atoms with Crippen LogP contribution in [-0.2, 0) is 12.7 Å². The first-order valence-corrected chi connectivity index (χ1v) is 8.27. The van der Waals surface area contributed by atoms with Gasteiger partial charge < -0.3 is 10.1 Å². The zero-order valence-electron chi connectivity index (χ0n) is 14.8. The van der Waals surface area contributed by atoms with Gasteiger partial charge in [-0.3, -0.25) is 9.78 Å². The Labute approximate surface area is 159 Å². The molecule has 0 atom stereocenters. The van der Waals surface area contributed by atoms with Gasteiger partial charge in [-0.15, -0.1) is 0 Å². The van der Waals surface area contributed by atoms with Crippen molar-refractivity contribution in [1.29, 1.82) is 0 Å². The molecule has 2 heterocycles. The Morgan fingerprint density at radius 3 is 2.61 bits per heavy atom. The molecule has 0 saturated heterocycles. The van der Waals surface area contributed by atoms with Crippen LogP contribution >= 0.6 is 0 Å². The number of amides is 1. The van der Waals surface area contributed by atoms with Crippen LogP contribution in [0.15, 0.2) is 60.9 Å². The predicted molar refractivity (Wildman–Crippen MR) is 96.6 cm³/mol. The Kier molecular flexibility index (Phi) is 5.58. The number of carbonyl (C=O) groups is 1. The van der Waals surface area contributed by atoms with Crippen molar-refractivity contribution in [2.75, 3.05) is 7.11 Å². The van der Waals surface area contributed by atoms with Gasteiger partial charge >= 0.3 is 6.18 Å². The normalized spacial score (nSPS) is 11.1. The molecular weight excluding hydrogens is 371 g/mol. The van der Waals surface area contributed by atoms with Crippen molar-refractivity contribution in [3.63, 3.8) is 0 Å². The van der Waals surface area contributed by atoms with Gasteiger partial charge in [-0.05, 0) is 35.9 Å². The van der Waals surface area contributed by atoms with Crippen LogP contribution in [0.4, 0.5) is 13.2 Å². The van der Waals surface area contributed by atoms with Gasteiger partial charge in [-0.1, -0.05) is 12.1 Å². The van der Waals surface area contributed by atoms with Gasteiger partial charge in [0.1, 0.15) is 0 Å². The van der Waals surface area contributed by atoms with Gasteiger partial charge in [0.15, 0.2) is 0 Å². The maximum absolute atomic E-state index is 12.8. The lowest BCUT2D eigenvalue weighted by Crippen LogP contribution is -2.23. The summed E-state index contributed by atoms with van der Waals surface area (Å²) in [7, 11) is 1.51. The summed E-state index contributed by atoms with van der Waals surface area (Å²) in [6.07, 6.45) is -1.36. The molecule has 0 aliphatic rings. The van der Waals surface area contributed by atoms with Crippen LogP contribution in [0.3, 0.4) is 0 Å². The number of methoxy groups -OCH3 is 1. The number of aromatic nitrogens is 2. The number of nitrogens with zero attached hydrogens (tertiary/aromatic N) is 2. The molecular formula is C20H16F3N3O2. The fourth-order valence-corrected chi connectivity index (χ4v) is 2.52. The Balaban J connectivity index is 1.71.